The van der Waals surface area contributed by atoms with Gasteiger partial charge in [-0.1, -0.05) is 15.9 Å². The molecule has 0 aromatic carbocycles. The molecule has 2 rings (SSSR count). The molecule has 1 aromatic rings. The molecule has 0 bridgehead atoms. The Morgan fingerprint density at radius 3 is 3.07 bits per heavy atom. The lowest BCUT2D eigenvalue weighted by Gasteiger charge is -2.23. The number of aromatic nitrogens is 2. The van der Waals surface area contributed by atoms with Gasteiger partial charge in [-0.15, -0.1) is 0 Å². The lowest BCUT2D eigenvalue weighted by molar-refractivity contribution is 0.162. The average molecular weight is 273 g/mol. The van der Waals surface area contributed by atoms with Gasteiger partial charge in [0.2, 0.25) is 0 Å². The van der Waals surface area contributed by atoms with E-state index in [2.05, 4.69) is 34.1 Å². The van der Waals surface area contributed by atoms with Crippen LogP contribution in [0.2, 0.25) is 0 Å². The van der Waals surface area contributed by atoms with Crippen molar-refractivity contribution in [3.8, 4) is 0 Å². The van der Waals surface area contributed by atoms with Crippen molar-refractivity contribution in [1.29, 1.82) is 0 Å². The maximum atomic E-state index is 5.50. The highest BCUT2D eigenvalue weighted by Crippen LogP contribution is 2.34. The van der Waals surface area contributed by atoms with Crippen LogP contribution in [0.1, 0.15) is 18.9 Å². The predicted octanol–water partition coefficient (Wildman–Crippen LogP) is 2.25. The summed E-state index contributed by atoms with van der Waals surface area (Å²) in [6.07, 6.45) is 6.34. The number of aryl methyl sites for hydroxylation is 1. The van der Waals surface area contributed by atoms with Crippen molar-refractivity contribution >= 4 is 15.9 Å². The summed E-state index contributed by atoms with van der Waals surface area (Å²) >= 11 is 3.61. The summed E-state index contributed by atoms with van der Waals surface area (Å²) in [6, 6.07) is 0. The van der Waals surface area contributed by atoms with Crippen molar-refractivity contribution in [3.05, 3.63) is 18.0 Å². The van der Waals surface area contributed by atoms with Crippen LogP contribution in [-0.4, -0.2) is 28.3 Å². The maximum Gasteiger partial charge on any atom is 0.0534 e. The van der Waals surface area contributed by atoms with Crippen molar-refractivity contribution in [3.63, 3.8) is 0 Å². The first-order chi connectivity index (χ1) is 7.28. The fraction of sp³-hybridized carbons (Fsp3) is 0.727. The SMILES string of the molecule is CCn1cc(CC2(CBr)CCOC2)cn1. The van der Waals surface area contributed by atoms with E-state index in [-0.39, 0.29) is 0 Å². The second-order valence-electron chi connectivity index (χ2n) is 4.32. The standard InChI is InChI=1S/C11H17BrN2O/c1-2-14-7-10(6-13-14)5-11(8-12)3-4-15-9-11/h6-7H,2-5,8-9H2,1H3. The zero-order valence-electron chi connectivity index (χ0n) is 9.08. The van der Waals surface area contributed by atoms with Crippen molar-refractivity contribution in [1.82, 2.24) is 9.78 Å². The molecular weight excluding hydrogens is 256 g/mol. The summed E-state index contributed by atoms with van der Waals surface area (Å²) in [7, 11) is 0. The third-order valence-corrected chi connectivity index (χ3v) is 4.25. The minimum atomic E-state index is 0.293. The van der Waals surface area contributed by atoms with Gasteiger partial charge in [0.15, 0.2) is 0 Å². The molecule has 0 radical (unpaired) electrons. The lowest BCUT2D eigenvalue weighted by Crippen LogP contribution is -2.25. The van der Waals surface area contributed by atoms with Crippen LogP contribution in [0.25, 0.3) is 0 Å². The van der Waals surface area contributed by atoms with Gasteiger partial charge < -0.3 is 4.74 Å². The number of hydrogen-bond donors (Lipinski definition) is 0. The number of rotatable bonds is 4. The van der Waals surface area contributed by atoms with E-state index < -0.39 is 0 Å². The Labute approximate surface area is 98.9 Å². The van der Waals surface area contributed by atoms with Gasteiger partial charge in [0, 0.05) is 30.1 Å². The molecule has 15 heavy (non-hydrogen) atoms. The molecule has 1 aliphatic rings. The van der Waals surface area contributed by atoms with Gasteiger partial charge in [0.1, 0.15) is 0 Å². The molecule has 0 spiro atoms. The molecule has 3 nitrogen and oxygen atoms in total. The molecule has 0 aliphatic carbocycles. The Balaban J connectivity index is 2.05. The molecule has 2 heterocycles. The van der Waals surface area contributed by atoms with E-state index >= 15 is 0 Å². The normalized spacial score (nSPS) is 26.0. The first-order valence-electron chi connectivity index (χ1n) is 5.43. The Hall–Kier alpha value is -0.350. The highest BCUT2D eigenvalue weighted by atomic mass is 79.9. The molecular formula is C11H17BrN2O. The average Bonchev–Trinajstić information content (AvgIpc) is 2.88. The van der Waals surface area contributed by atoms with E-state index in [1.807, 2.05) is 10.9 Å². The van der Waals surface area contributed by atoms with Gasteiger partial charge in [0.05, 0.1) is 12.8 Å². The summed E-state index contributed by atoms with van der Waals surface area (Å²) < 4.78 is 7.48. The number of halogens is 1. The lowest BCUT2D eigenvalue weighted by atomic mass is 9.84. The molecule has 1 fully saturated rings. The molecule has 0 amide bonds. The van der Waals surface area contributed by atoms with Crippen LogP contribution in [0.5, 0.6) is 0 Å². The predicted molar refractivity (Wildman–Crippen MR) is 63.3 cm³/mol. The largest absolute Gasteiger partial charge is 0.381 e. The van der Waals surface area contributed by atoms with Crippen molar-refractivity contribution < 1.29 is 4.74 Å². The van der Waals surface area contributed by atoms with Gasteiger partial charge in [-0.3, -0.25) is 4.68 Å². The van der Waals surface area contributed by atoms with Crippen LogP contribution in [0.4, 0.5) is 0 Å². The monoisotopic (exact) mass is 272 g/mol. The third kappa shape index (κ3) is 2.42. The number of alkyl halides is 1. The van der Waals surface area contributed by atoms with Crippen molar-refractivity contribution in [2.45, 2.75) is 26.3 Å². The molecule has 1 aromatic heterocycles. The van der Waals surface area contributed by atoms with Gasteiger partial charge in [0.25, 0.3) is 0 Å². The molecule has 1 unspecified atom stereocenters. The molecule has 0 N–H and O–H groups in total. The Bertz CT molecular complexity index is 318. The Morgan fingerprint density at radius 2 is 2.53 bits per heavy atom. The Kier molecular flexibility index (Phi) is 3.46. The van der Waals surface area contributed by atoms with Crippen LogP contribution < -0.4 is 0 Å². The van der Waals surface area contributed by atoms with E-state index in [0.29, 0.717) is 5.41 Å². The number of hydrogen-bond acceptors (Lipinski definition) is 2. The number of ether oxygens (including phenoxy) is 1. The highest BCUT2D eigenvalue weighted by Gasteiger charge is 2.34. The van der Waals surface area contributed by atoms with Gasteiger partial charge in [-0.2, -0.15) is 5.10 Å². The fourth-order valence-corrected chi connectivity index (χ4v) is 2.69. The minimum absolute atomic E-state index is 0.293. The zero-order chi connectivity index (χ0) is 10.7. The highest BCUT2D eigenvalue weighted by molar-refractivity contribution is 9.09. The summed E-state index contributed by atoms with van der Waals surface area (Å²) in [5, 5.41) is 5.31. The summed E-state index contributed by atoms with van der Waals surface area (Å²) in [6.45, 7) is 4.82. The zero-order valence-corrected chi connectivity index (χ0v) is 10.7. The molecule has 0 saturated carbocycles. The maximum absolute atomic E-state index is 5.50. The fourth-order valence-electron chi connectivity index (χ4n) is 2.05. The molecule has 1 aliphatic heterocycles. The minimum Gasteiger partial charge on any atom is -0.381 e. The van der Waals surface area contributed by atoms with Crippen LogP contribution in [0.15, 0.2) is 12.4 Å². The van der Waals surface area contributed by atoms with Crippen LogP contribution in [0, 0.1) is 5.41 Å². The van der Waals surface area contributed by atoms with Gasteiger partial charge in [-0.25, -0.2) is 0 Å². The first-order valence-corrected chi connectivity index (χ1v) is 6.55. The topological polar surface area (TPSA) is 27.1 Å². The number of nitrogens with zero attached hydrogens (tertiary/aromatic N) is 2. The molecule has 1 atom stereocenters. The second kappa shape index (κ2) is 4.66. The third-order valence-electron chi connectivity index (χ3n) is 3.06. The van der Waals surface area contributed by atoms with Crippen LogP contribution >= 0.6 is 15.9 Å². The Morgan fingerprint density at radius 1 is 1.67 bits per heavy atom. The van der Waals surface area contributed by atoms with Gasteiger partial charge in [-0.05, 0) is 25.3 Å². The van der Waals surface area contributed by atoms with Crippen LogP contribution in [-0.2, 0) is 17.7 Å². The van der Waals surface area contributed by atoms with E-state index in [1.165, 1.54) is 5.56 Å². The second-order valence-corrected chi connectivity index (χ2v) is 4.88. The van der Waals surface area contributed by atoms with Crippen LogP contribution in [0.3, 0.4) is 0 Å². The van der Waals surface area contributed by atoms with E-state index in [0.717, 1.165) is 37.9 Å². The van der Waals surface area contributed by atoms with E-state index in [9.17, 15) is 0 Å². The molecule has 4 heteroatoms. The summed E-state index contributed by atoms with van der Waals surface area (Å²) in [5.41, 5.74) is 1.61. The summed E-state index contributed by atoms with van der Waals surface area (Å²) in [4.78, 5) is 0. The van der Waals surface area contributed by atoms with E-state index in [1.54, 1.807) is 0 Å². The van der Waals surface area contributed by atoms with Crippen molar-refractivity contribution in [2.75, 3.05) is 18.5 Å². The molecule has 1 saturated heterocycles. The van der Waals surface area contributed by atoms with Crippen molar-refractivity contribution in [2.24, 2.45) is 5.41 Å². The quantitative estimate of drug-likeness (QED) is 0.787. The smallest absolute Gasteiger partial charge is 0.0534 e. The van der Waals surface area contributed by atoms with Gasteiger partial charge >= 0.3 is 0 Å². The van der Waals surface area contributed by atoms with E-state index in [4.69, 9.17) is 4.74 Å². The first kappa shape index (κ1) is 11.1. The summed E-state index contributed by atoms with van der Waals surface area (Å²) in [5.74, 6) is 0. The molecule has 84 valence electrons.